The molecule has 0 aliphatic carbocycles. The fourth-order valence-electron chi connectivity index (χ4n) is 4.28. The monoisotopic (exact) mass is 531 g/mol. The number of aliphatic hydroxyl groups excluding tert-OH is 1. The summed E-state index contributed by atoms with van der Waals surface area (Å²) in [7, 11) is 0. The number of nitrogens with one attached hydrogen (secondary N) is 2. The van der Waals surface area contributed by atoms with Crippen molar-refractivity contribution in [1.82, 2.24) is 10.6 Å². The van der Waals surface area contributed by atoms with Crippen molar-refractivity contribution in [1.29, 1.82) is 0 Å². The van der Waals surface area contributed by atoms with E-state index in [-0.39, 0.29) is 42.1 Å². The van der Waals surface area contributed by atoms with Gasteiger partial charge in [-0.05, 0) is 45.1 Å². The van der Waals surface area contributed by atoms with Crippen molar-refractivity contribution in [3.63, 3.8) is 0 Å². The molecule has 1 aromatic rings. The SMILES string of the molecule is CCNC(=NCC1(CCO)CCOC1)NCC1CCCOC1c1ccc(C)cc1.I. The predicted octanol–water partition coefficient (Wildman–Crippen LogP) is 3.42. The fourth-order valence-corrected chi connectivity index (χ4v) is 4.28. The molecule has 30 heavy (non-hydrogen) atoms. The molecule has 0 spiro atoms. The molecule has 0 amide bonds. The first-order chi connectivity index (χ1) is 14.2. The Morgan fingerprint density at radius 1 is 1.23 bits per heavy atom. The average Bonchev–Trinajstić information content (AvgIpc) is 3.20. The Balaban J connectivity index is 0.00000320. The Morgan fingerprint density at radius 2 is 2.03 bits per heavy atom. The van der Waals surface area contributed by atoms with E-state index in [9.17, 15) is 5.11 Å². The van der Waals surface area contributed by atoms with Gasteiger partial charge in [0.1, 0.15) is 0 Å². The molecule has 2 saturated heterocycles. The van der Waals surface area contributed by atoms with Crippen molar-refractivity contribution in [2.24, 2.45) is 16.3 Å². The summed E-state index contributed by atoms with van der Waals surface area (Å²) in [6.07, 6.45) is 4.07. The van der Waals surface area contributed by atoms with E-state index in [1.807, 2.05) is 0 Å². The van der Waals surface area contributed by atoms with Crippen molar-refractivity contribution < 1.29 is 14.6 Å². The lowest BCUT2D eigenvalue weighted by Gasteiger charge is -2.33. The first-order valence-electron chi connectivity index (χ1n) is 11.0. The number of rotatable bonds is 8. The molecule has 0 radical (unpaired) electrons. The lowest BCUT2D eigenvalue weighted by atomic mass is 9.84. The molecule has 3 atom stereocenters. The third kappa shape index (κ3) is 7.07. The lowest BCUT2D eigenvalue weighted by molar-refractivity contribution is -0.0265. The lowest BCUT2D eigenvalue weighted by Crippen LogP contribution is -2.42. The molecule has 3 N–H and O–H groups in total. The standard InChI is InChI=1S/C23H37N3O3.HI/c1-3-24-22(26-16-23(10-12-27)11-14-28-17-23)25-15-20-5-4-13-29-21(20)19-8-6-18(2)7-9-19;/h6-9,20-21,27H,3-5,10-17H2,1-2H3,(H2,24,25,26);1H. The van der Waals surface area contributed by atoms with Crippen LogP contribution in [0.5, 0.6) is 0 Å². The zero-order chi connectivity index (χ0) is 20.5. The Morgan fingerprint density at radius 3 is 2.70 bits per heavy atom. The van der Waals surface area contributed by atoms with Gasteiger partial charge in [0.2, 0.25) is 0 Å². The summed E-state index contributed by atoms with van der Waals surface area (Å²) in [5.74, 6) is 1.25. The molecule has 2 heterocycles. The number of nitrogens with zero attached hydrogens (tertiary/aromatic N) is 1. The number of aryl methyl sites for hydroxylation is 1. The number of guanidine groups is 1. The van der Waals surface area contributed by atoms with Crippen molar-refractivity contribution in [2.45, 2.75) is 45.6 Å². The minimum Gasteiger partial charge on any atom is -0.396 e. The Bertz CT molecular complexity index is 648. The second-order valence-corrected chi connectivity index (χ2v) is 8.46. The van der Waals surface area contributed by atoms with Crippen molar-refractivity contribution in [2.75, 3.05) is 46.1 Å². The number of benzene rings is 1. The third-order valence-electron chi connectivity index (χ3n) is 6.13. The van der Waals surface area contributed by atoms with Crippen LogP contribution in [0.15, 0.2) is 29.3 Å². The van der Waals surface area contributed by atoms with Gasteiger partial charge in [-0.1, -0.05) is 29.8 Å². The number of ether oxygens (including phenoxy) is 2. The highest BCUT2D eigenvalue weighted by Gasteiger charge is 2.34. The van der Waals surface area contributed by atoms with Gasteiger partial charge in [-0.15, -0.1) is 24.0 Å². The van der Waals surface area contributed by atoms with E-state index in [1.165, 1.54) is 11.1 Å². The molecule has 1 aromatic carbocycles. The molecule has 2 aliphatic rings. The van der Waals surface area contributed by atoms with Crippen LogP contribution in [-0.4, -0.2) is 57.1 Å². The van der Waals surface area contributed by atoms with Gasteiger partial charge in [0.15, 0.2) is 5.96 Å². The zero-order valence-corrected chi connectivity index (χ0v) is 20.7. The van der Waals surface area contributed by atoms with E-state index in [1.54, 1.807) is 0 Å². The third-order valence-corrected chi connectivity index (χ3v) is 6.13. The summed E-state index contributed by atoms with van der Waals surface area (Å²) < 4.78 is 11.7. The first kappa shape index (κ1) is 25.4. The van der Waals surface area contributed by atoms with E-state index in [0.29, 0.717) is 19.1 Å². The van der Waals surface area contributed by atoms with Gasteiger partial charge in [0.25, 0.3) is 0 Å². The highest BCUT2D eigenvalue weighted by atomic mass is 127. The maximum absolute atomic E-state index is 9.44. The van der Waals surface area contributed by atoms with Crippen LogP contribution in [-0.2, 0) is 9.47 Å². The first-order valence-corrected chi connectivity index (χ1v) is 11.0. The maximum Gasteiger partial charge on any atom is 0.191 e. The van der Waals surface area contributed by atoms with E-state index >= 15 is 0 Å². The quantitative estimate of drug-likeness (QED) is 0.273. The summed E-state index contributed by atoms with van der Waals surface area (Å²) in [6, 6.07) is 8.70. The molecule has 2 aliphatic heterocycles. The van der Waals surface area contributed by atoms with Gasteiger partial charge in [0, 0.05) is 44.2 Å². The Hall–Kier alpha value is -0.900. The maximum atomic E-state index is 9.44. The van der Waals surface area contributed by atoms with Crippen LogP contribution in [0.1, 0.15) is 49.8 Å². The van der Waals surface area contributed by atoms with Gasteiger partial charge in [0.05, 0.1) is 19.3 Å². The molecule has 6 nitrogen and oxygen atoms in total. The summed E-state index contributed by atoms with van der Waals surface area (Å²) in [5, 5.41) is 16.3. The van der Waals surface area contributed by atoms with E-state index in [2.05, 4.69) is 48.7 Å². The topological polar surface area (TPSA) is 75.1 Å². The Kier molecular flexibility index (Phi) is 10.8. The van der Waals surface area contributed by atoms with Crippen LogP contribution >= 0.6 is 24.0 Å². The molecule has 2 fully saturated rings. The fraction of sp³-hybridized carbons (Fsp3) is 0.696. The minimum absolute atomic E-state index is 0. The molecule has 0 saturated carbocycles. The average molecular weight is 531 g/mol. The second kappa shape index (κ2) is 12.8. The van der Waals surface area contributed by atoms with Crippen molar-refractivity contribution in [3.8, 4) is 0 Å². The van der Waals surface area contributed by atoms with Gasteiger partial charge in [-0.25, -0.2) is 0 Å². The molecular formula is C23H38IN3O3. The minimum atomic E-state index is -0.0323. The number of hydrogen-bond donors (Lipinski definition) is 3. The van der Waals surface area contributed by atoms with Crippen LogP contribution in [0.25, 0.3) is 0 Å². The van der Waals surface area contributed by atoms with Crippen LogP contribution in [0, 0.1) is 18.3 Å². The summed E-state index contributed by atoms with van der Waals surface area (Å²) in [6.45, 7) is 8.96. The van der Waals surface area contributed by atoms with Crippen LogP contribution in [0.4, 0.5) is 0 Å². The molecule has 0 aromatic heterocycles. The van der Waals surface area contributed by atoms with Gasteiger partial charge in [-0.2, -0.15) is 0 Å². The highest BCUT2D eigenvalue weighted by Crippen LogP contribution is 2.34. The van der Waals surface area contributed by atoms with Gasteiger partial charge in [-0.3, -0.25) is 4.99 Å². The molecule has 7 heteroatoms. The van der Waals surface area contributed by atoms with E-state index in [0.717, 1.165) is 57.9 Å². The molecule has 3 unspecified atom stereocenters. The van der Waals surface area contributed by atoms with E-state index in [4.69, 9.17) is 14.5 Å². The summed E-state index contributed by atoms with van der Waals surface area (Å²) in [5.41, 5.74) is 2.50. The van der Waals surface area contributed by atoms with E-state index < -0.39 is 0 Å². The molecular weight excluding hydrogens is 493 g/mol. The second-order valence-electron chi connectivity index (χ2n) is 8.46. The number of aliphatic hydroxyl groups is 1. The smallest absolute Gasteiger partial charge is 0.191 e. The predicted molar refractivity (Wildman–Crippen MR) is 132 cm³/mol. The van der Waals surface area contributed by atoms with Crippen molar-refractivity contribution >= 4 is 29.9 Å². The summed E-state index contributed by atoms with van der Waals surface area (Å²) >= 11 is 0. The highest BCUT2D eigenvalue weighted by molar-refractivity contribution is 14.0. The van der Waals surface area contributed by atoms with Crippen molar-refractivity contribution in [3.05, 3.63) is 35.4 Å². The normalized spacial score (nSPS) is 26.8. The number of halogens is 1. The van der Waals surface area contributed by atoms with Crippen LogP contribution in [0.3, 0.4) is 0 Å². The van der Waals surface area contributed by atoms with Crippen LogP contribution in [0.2, 0.25) is 0 Å². The van der Waals surface area contributed by atoms with Gasteiger partial charge < -0.3 is 25.2 Å². The summed E-state index contributed by atoms with van der Waals surface area (Å²) in [4.78, 5) is 4.84. The number of hydrogen-bond acceptors (Lipinski definition) is 4. The molecule has 3 rings (SSSR count). The molecule has 170 valence electrons. The van der Waals surface area contributed by atoms with Gasteiger partial charge >= 0.3 is 0 Å². The largest absolute Gasteiger partial charge is 0.396 e. The Labute approximate surface area is 198 Å². The zero-order valence-electron chi connectivity index (χ0n) is 18.4. The van der Waals surface area contributed by atoms with Crippen LogP contribution < -0.4 is 10.6 Å². The molecule has 0 bridgehead atoms. The number of aliphatic imine (C=N–C) groups is 1.